The van der Waals surface area contributed by atoms with Crippen LogP contribution in [0.2, 0.25) is 0 Å². The van der Waals surface area contributed by atoms with Gasteiger partial charge in [-0.15, -0.1) is 11.3 Å². The molecule has 1 saturated carbocycles. The SMILES string of the molecule is CN(C)C(c1cccs1)C1CCC(CCNC(=O)COCCNS(=O)(=O)c2ccccc2Cc2ccccc2)CC1. The minimum atomic E-state index is -3.70. The highest BCUT2D eigenvalue weighted by Crippen LogP contribution is 2.41. The summed E-state index contributed by atoms with van der Waals surface area (Å²) in [6.45, 7) is 0.779. The van der Waals surface area contributed by atoms with Crippen molar-refractivity contribution in [3.63, 3.8) is 0 Å². The molecule has 4 rings (SSSR count). The molecule has 1 amide bonds. The summed E-state index contributed by atoms with van der Waals surface area (Å²) in [6.07, 6.45) is 6.33. The quantitative estimate of drug-likeness (QED) is 0.234. The van der Waals surface area contributed by atoms with Crippen LogP contribution in [0.15, 0.2) is 77.0 Å². The Morgan fingerprint density at radius 3 is 2.41 bits per heavy atom. The predicted molar refractivity (Wildman–Crippen MR) is 166 cm³/mol. The topological polar surface area (TPSA) is 87.7 Å². The van der Waals surface area contributed by atoms with E-state index in [1.807, 2.05) is 53.8 Å². The fourth-order valence-electron chi connectivity index (χ4n) is 5.85. The molecule has 1 aliphatic rings. The standard InChI is InChI=1S/C32H43N3O4S2/c1-35(2)32(29-12-8-22-40-29)27-16-14-25(15-17-27)18-19-33-31(36)24-39-21-20-34-41(37,38)30-13-7-6-11-28(30)23-26-9-4-3-5-10-26/h3-13,22,25,27,32,34H,14-21,23-24H2,1-2H3,(H,33,36). The molecule has 1 aromatic heterocycles. The van der Waals surface area contributed by atoms with Gasteiger partial charge in [-0.1, -0.05) is 67.4 Å². The summed E-state index contributed by atoms with van der Waals surface area (Å²) in [5.74, 6) is 1.15. The molecule has 2 aromatic carbocycles. The molecule has 0 radical (unpaired) electrons. The molecule has 0 saturated heterocycles. The Hall–Kier alpha value is -2.56. The highest BCUT2D eigenvalue weighted by Gasteiger charge is 2.30. The highest BCUT2D eigenvalue weighted by atomic mass is 32.2. The van der Waals surface area contributed by atoms with Crippen molar-refractivity contribution < 1.29 is 17.9 Å². The maximum Gasteiger partial charge on any atom is 0.245 e. The fraction of sp³-hybridized carbons (Fsp3) is 0.469. The molecule has 2 N–H and O–H groups in total. The lowest BCUT2D eigenvalue weighted by Gasteiger charge is -2.37. The van der Waals surface area contributed by atoms with Gasteiger partial charge in [-0.3, -0.25) is 4.79 Å². The zero-order valence-electron chi connectivity index (χ0n) is 24.1. The first-order valence-electron chi connectivity index (χ1n) is 14.5. The average molecular weight is 598 g/mol. The number of thiophene rings is 1. The molecule has 0 aliphatic heterocycles. The van der Waals surface area contributed by atoms with E-state index in [1.54, 1.807) is 12.1 Å². The smallest absolute Gasteiger partial charge is 0.245 e. The minimum Gasteiger partial charge on any atom is -0.370 e. The molecule has 7 nitrogen and oxygen atoms in total. The second-order valence-corrected chi connectivity index (χ2v) is 13.8. The first-order valence-corrected chi connectivity index (χ1v) is 16.9. The molecular weight excluding hydrogens is 555 g/mol. The van der Waals surface area contributed by atoms with Crippen LogP contribution in [0.5, 0.6) is 0 Å². The van der Waals surface area contributed by atoms with Crippen molar-refractivity contribution in [1.82, 2.24) is 14.9 Å². The van der Waals surface area contributed by atoms with Crippen molar-refractivity contribution in [3.05, 3.63) is 88.1 Å². The number of rotatable bonds is 15. The van der Waals surface area contributed by atoms with Crippen molar-refractivity contribution in [2.24, 2.45) is 11.8 Å². The van der Waals surface area contributed by atoms with E-state index in [-0.39, 0.29) is 30.6 Å². The lowest BCUT2D eigenvalue weighted by molar-refractivity contribution is -0.125. The van der Waals surface area contributed by atoms with E-state index in [0.29, 0.717) is 30.8 Å². The van der Waals surface area contributed by atoms with E-state index in [4.69, 9.17) is 4.74 Å². The monoisotopic (exact) mass is 597 g/mol. The molecule has 0 bridgehead atoms. The minimum absolute atomic E-state index is 0.0790. The van der Waals surface area contributed by atoms with Gasteiger partial charge in [0.2, 0.25) is 15.9 Å². The summed E-state index contributed by atoms with van der Waals surface area (Å²) in [6, 6.07) is 21.7. The number of ether oxygens (including phenoxy) is 1. The van der Waals surface area contributed by atoms with Gasteiger partial charge in [0.25, 0.3) is 0 Å². The Labute approximate surface area is 249 Å². The third kappa shape index (κ3) is 9.48. The summed E-state index contributed by atoms with van der Waals surface area (Å²) < 4.78 is 33.9. The van der Waals surface area contributed by atoms with Crippen molar-refractivity contribution in [1.29, 1.82) is 0 Å². The van der Waals surface area contributed by atoms with E-state index in [9.17, 15) is 13.2 Å². The molecule has 0 spiro atoms. The van der Waals surface area contributed by atoms with Crippen LogP contribution in [0.25, 0.3) is 0 Å². The Balaban J connectivity index is 1.11. The maximum atomic E-state index is 12.9. The van der Waals surface area contributed by atoms with Gasteiger partial charge in [-0.05, 0) is 80.3 Å². The van der Waals surface area contributed by atoms with Crippen LogP contribution in [0.1, 0.15) is 54.1 Å². The number of carbonyl (C=O) groups is 1. The summed E-state index contributed by atoms with van der Waals surface area (Å²) in [4.78, 5) is 16.3. The van der Waals surface area contributed by atoms with Crippen LogP contribution in [-0.4, -0.2) is 59.6 Å². The normalized spacial score (nSPS) is 18.3. The molecule has 3 aromatic rings. The van der Waals surface area contributed by atoms with Crippen molar-refractivity contribution in [2.75, 3.05) is 40.4 Å². The van der Waals surface area contributed by atoms with Crippen LogP contribution in [-0.2, 0) is 26.0 Å². The third-order valence-electron chi connectivity index (χ3n) is 7.87. The Morgan fingerprint density at radius 2 is 1.71 bits per heavy atom. The van der Waals surface area contributed by atoms with E-state index < -0.39 is 10.0 Å². The van der Waals surface area contributed by atoms with Gasteiger partial charge in [-0.2, -0.15) is 0 Å². The highest BCUT2D eigenvalue weighted by molar-refractivity contribution is 7.89. The number of amides is 1. The molecule has 9 heteroatoms. The summed E-state index contributed by atoms with van der Waals surface area (Å²) in [7, 11) is 0.654. The number of hydrogen-bond acceptors (Lipinski definition) is 6. The van der Waals surface area contributed by atoms with Crippen LogP contribution in [0.4, 0.5) is 0 Å². The summed E-state index contributed by atoms with van der Waals surface area (Å²) in [5.41, 5.74) is 1.78. The molecule has 1 aliphatic carbocycles. The summed E-state index contributed by atoms with van der Waals surface area (Å²) >= 11 is 1.85. The number of nitrogens with one attached hydrogen (secondary N) is 2. The van der Waals surface area contributed by atoms with Gasteiger partial charge >= 0.3 is 0 Å². The zero-order chi connectivity index (χ0) is 29.1. The van der Waals surface area contributed by atoms with E-state index >= 15 is 0 Å². The number of carbonyl (C=O) groups excluding carboxylic acids is 1. The van der Waals surface area contributed by atoms with Gasteiger partial charge in [0.05, 0.1) is 11.5 Å². The first kappa shape index (κ1) is 31.4. The van der Waals surface area contributed by atoms with E-state index in [1.165, 1.54) is 30.6 Å². The van der Waals surface area contributed by atoms with Crippen LogP contribution in [0, 0.1) is 11.8 Å². The molecule has 1 heterocycles. The molecule has 1 fully saturated rings. The molecular formula is C32H43N3O4S2. The van der Waals surface area contributed by atoms with Crippen molar-refractivity contribution in [3.8, 4) is 0 Å². The Kier molecular flexibility index (Phi) is 11.9. The van der Waals surface area contributed by atoms with Crippen molar-refractivity contribution >= 4 is 27.3 Å². The number of sulfonamides is 1. The zero-order valence-corrected chi connectivity index (χ0v) is 25.8. The first-order chi connectivity index (χ1) is 19.8. The summed E-state index contributed by atoms with van der Waals surface area (Å²) in [5, 5.41) is 5.12. The van der Waals surface area contributed by atoms with Crippen molar-refractivity contribution in [2.45, 2.75) is 49.5 Å². The van der Waals surface area contributed by atoms with Gasteiger partial charge in [0.1, 0.15) is 6.61 Å². The van der Waals surface area contributed by atoms with Gasteiger partial charge in [0.15, 0.2) is 0 Å². The lowest BCUT2D eigenvalue weighted by atomic mass is 9.76. The Morgan fingerprint density at radius 1 is 0.976 bits per heavy atom. The van der Waals surface area contributed by atoms with Gasteiger partial charge in [-0.25, -0.2) is 13.1 Å². The van der Waals surface area contributed by atoms with Gasteiger partial charge in [0, 0.05) is 24.0 Å². The largest absolute Gasteiger partial charge is 0.370 e. The van der Waals surface area contributed by atoms with Crippen LogP contribution < -0.4 is 10.0 Å². The average Bonchev–Trinajstić information content (AvgIpc) is 3.49. The van der Waals surface area contributed by atoms with Crippen LogP contribution >= 0.6 is 11.3 Å². The molecule has 41 heavy (non-hydrogen) atoms. The molecule has 222 valence electrons. The molecule has 1 atom stereocenters. The lowest BCUT2D eigenvalue weighted by Crippen LogP contribution is -2.33. The second kappa shape index (κ2) is 15.6. The predicted octanol–water partition coefficient (Wildman–Crippen LogP) is 5.25. The van der Waals surface area contributed by atoms with Gasteiger partial charge < -0.3 is 15.0 Å². The van der Waals surface area contributed by atoms with E-state index in [2.05, 4.69) is 46.5 Å². The fourth-order valence-corrected chi connectivity index (χ4v) is 8.11. The number of nitrogens with zero attached hydrogens (tertiary/aromatic N) is 1. The maximum absolute atomic E-state index is 12.9. The third-order valence-corrected chi connectivity index (χ3v) is 10.4. The molecule has 1 unspecified atom stereocenters. The number of benzene rings is 2. The second-order valence-electron chi connectivity index (χ2n) is 11.1. The Bertz CT molecular complexity index is 1310. The van der Waals surface area contributed by atoms with Crippen LogP contribution in [0.3, 0.4) is 0 Å². The van der Waals surface area contributed by atoms with E-state index in [0.717, 1.165) is 17.5 Å². The number of hydrogen-bond donors (Lipinski definition) is 2.